The number of methoxy groups -OCH3 is 1. The Labute approximate surface area is 198 Å². The van der Waals surface area contributed by atoms with Gasteiger partial charge in [0.05, 0.1) is 24.1 Å². The minimum atomic E-state index is -0.514. The Kier molecular flexibility index (Phi) is 4.88. The number of hydrogen-bond acceptors (Lipinski definition) is 5. The number of fused-ring (bicyclic) bond motifs is 2. The highest BCUT2D eigenvalue weighted by atomic mass is 19.1. The van der Waals surface area contributed by atoms with E-state index in [0.29, 0.717) is 39.0 Å². The molecule has 3 aromatic carbocycles. The van der Waals surface area contributed by atoms with Crippen molar-refractivity contribution in [3.8, 4) is 39.4 Å². The van der Waals surface area contributed by atoms with Gasteiger partial charge >= 0.3 is 5.63 Å². The van der Waals surface area contributed by atoms with Crippen LogP contribution in [0.25, 0.3) is 50.3 Å². The van der Waals surface area contributed by atoms with Gasteiger partial charge in [-0.3, -0.25) is 0 Å². The molecule has 3 heterocycles. The van der Waals surface area contributed by atoms with Crippen molar-refractivity contribution in [1.29, 1.82) is 0 Å². The topological polar surface area (TPSA) is 69.6 Å². The number of aromatic nitrogens is 3. The summed E-state index contributed by atoms with van der Waals surface area (Å²) in [6, 6.07) is 24.5. The summed E-state index contributed by atoms with van der Waals surface area (Å²) in [5, 5.41) is 5.09. The standard InChI is InChI=1S/C28H18FN3O3/c1-34-20-10-7-17(8-11-20)23-16-25-30-22(13-14-32(25)31-23)27-21-15-19(29)9-12-24(21)35-28(33)26(27)18-5-3-2-4-6-18/h2-16H,1H3. The van der Waals surface area contributed by atoms with Gasteiger partial charge in [0.15, 0.2) is 5.65 Å². The minimum Gasteiger partial charge on any atom is -0.497 e. The van der Waals surface area contributed by atoms with Gasteiger partial charge in [-0.15, -0.1) is 0 Å². The summed E-state index contributed by atoms with van der Waals surface area (Å²) < 4.78 is 26.8. The molecule has 0 amide bonds. The maximum Gasteiger partial charge on any atom is 0.344 e. The molecule has 0 unspecified atom stereocenters. The smallest absolute Gasteiger partial charge is 0.344 e. The van der Waals surface area contributed by atoms with Crippen molar-refractivity contribution in [3.63, 3.8) is 0 Å². The van der Waals surface area contributed by atoms with Crippen LogP contribution in [0.3, 0.4) is 0 Å². The molecule has 0 spiro atoms. The first-order valence-electron chi connectivity index (χ1n) is 10.9. The van der Waals surface area contributed by atoms with Crippen molar-refractivity contribution in [2.75, 3.05) is 7.11 Å². The largest absolute Gasteiger partial charge is 0.497 e. The lowest BCUT2D eigenvalue weighted by molar-refractivity contribution is 0.415. The maximum absolute atomic E-state index is 14.3. The van der Waals surface area contributed by atoms with E-state index in [2.05, 4.69) is 5.10 Å². The van der Waals surface area contributed by atoms with E-state index in [4.69, 9.17) is 14.1 Å². The summed E-state index contributed by atoms with van der Waals surface area (Å²) in [5.41, 5.74) is 4.04. The highest BCUT2D eigenvalue weighted by Crippen LogP contribution is 2.35. The van der Waals surface area contributed by atoms with Gasteiger partial charge in [0.1, 0.15) is 17.1 Å². The predicted octanol–water partition coefficient (Wildman–Crippen LogP) is 5.98. The van der Waals surface area contributed by atoms with Gasteiger partial charge in [0.25, 0.3) is 0 Å². The zero-order chi connectivity index (χ0) is 23.9. The number of halogens is 1. The van der Waals surface area contributed by atoms with E-state index in [1.54, 1.807) is 23.9 Å². The van der Waals surface area contributed by atoms with Crippen molar-refractivity contribution < 1.29 is 13.5 Å². The molecule has 0 aliphatic carbocycles. The van der Waals surface area contributed by atoms with Crippen LogP contribution in [0.2, 0.25) is 0 Å². The first-order valence-corrected chi connectivity index (χ1v) is 10.9. The lowest BCUT2D eigenvalue weighted by atomic mass is 9.96. The second-order valence-electron chi connectivity index (χ2n) is 8.02. The third-order valence-electron chi connectivity index (χ3n) is 5.90. The molecule has 7 heteroatoms. The maximum atomic E-state index is 14.3. The fraction of sp³-hybridized carbons (Fsp3) is 0.0357. The predicted molar refractivity (Wildman–Crippen MR) is 132 cm³/mol. The molecular formula is C28H18FN3O3. The quantitative estimate of drug-likeness (QED) is 0.301. The molecule has 0 fully saturated rings. The van der Waals surface area contributed by atoms with Gasteiger partial charge < -0.3 is 9.15 Å². The van der Waals surface area contributed by atoms with Crippen LogP contribution >= 0.6 is 0 Å². The van der Waals surface area contributed by atoms with E-state index >= 15 is 0 Å². The monoisotopic (exact) mass is 463 g/mol. The van der Waals surface area contributed by atoms with Crippen LogP contribution in [0.4, 0.5) is 4.39 Å². The third kappa shape index (κ3) is 3.63. The van der Waals surface area contributed by atoms with Gasteiger partial charge in [-0.25, -0.2) is 18.7 Å². The van der Waals surface area contributed by atoms with Crippen molar-refractivity contribution >= 4 is 16.6 Å². The Morgan fingerprint density at radius 2 is 1.66 bits per heavy atom. The van der Waals surface area contributed by atoms with Gasteiger partial charge in [-0.2, -0.15) is 5.10 Å². The molecule has 0 saturated heterocycles. The average molecular weight is 463 g/mol. The van der Waals surface area contributed by atoms with E-state index in [1.165, 1.54) is 18.2 Å². The Balaban J connectivity index is 1.59. The molecule has 0 radical (unpaired) electrons. The van der Waals surface area contributed by atoms with E-state index < -0.39 is 11.4 Å². The summed E-state index contributed by atoms with van der Waals surface area (Å²) in [7, 11) is 1.62. The third-order valence-corrected chi connectivity index (χ3v) is 5.90. The molecule has 0 saturated carbocycles. The van der Waals surface area contributed by atoms with Crippen molar-refractivity contribution in [2.24, 2.45) is 0 Å². The van der Waals surface area contributed by atoms with E-state index in [9.17, 15) is 9.18 Å². The number of hydrogen-bond donors (Lipinski definition) is 0. The second-order valence-corrected chi connectivity index (χ2v) is 8.02. The average Bonchev–Trinajstić information content (AvgIpc) is 3.32. The first kappa shape index (κ1) is 20.8. The van der Waals surface area contributed by atoms with E-state index in [0.717, 1.165) is 17.0 Å². The molecule has 3 aromatic heterocycles. The molecular weight excluding hydrogens is 445 g/mol. The summed E-state index contributed by atoms with van der Waals surface area (Å²) in [5.74, 6) is 0.326. The SMILES string of the molecule is COc1ccc(-c2cc3nc(-c4c(-c5ccccc5)c(=O)oc5ccc(F)cc45)ccn3n2)cc1. The first-order chi connectivity index (χ1) is 17.1. The fourth-order valence-corrected chi connectivity index (χ4v) is 4.23. The Morgan fingerprint density at radius 3 is 2.43 bits per heavy atom. The Hall–Kier alpha value is -4.78. The molecule has 0 aliphatic rings. The highest BCUT2D eigenvalue weighted by molar-refractivity contribution is 6.00. The zero-order valence-corrected chi connectivity index (χ0v) is 18.6. The van der Waals surface area contributed by atoms with E-state index in [-0.39, 0.29) is 0 Å². The van der Waals surface area contributed by atoms with Gasteiger partial charge in [-0.1, -0.05) is 30.3 Å². The Bertz CT molecular complexity index is 1760. The second kappa shape index (κ2) is 8.22. The number of nitrogens with zero attached hydrogens (tertiary/aromatic N) is 3. The van der Waals surface area contributed by atoms with Crippen molar-refractivity contribution in [3.05, 3.63) is 107 Å². The summed E-state index contributed by atoms with van der Waals surface area (Å²) >= 11 is 0. The van der Waals surface area contributed by atoms with Crippen LogP contribution < -0.4 is 10.4 Å². The van der Waals surface area contributed by atoms with Crippen LogP contribution in [-0.2, 0) is 0 Å². The summed E-state index contributed by atoms with van der Waals surface area (Å²) in [6.45, 7) is 0. The fourth-order valence-electron chi connectivity index (χ4n) is 4.23. The highest BCUT2D eigenvalue weighted by Gasteiger charge is 2.20. The normalized spacial score (nSPS) is 11.3. The van der Waals surface area contributed by atoms with Crippen LogP contribution in [0.15, 0.2) is 100 Å². The van der Waals surface area contributed by atoms with Crippen LogP contribution in [0.1, 0.15) is 0 Å². The summed E-state index contributed by atoms with van der Waals surface area (Å²) in [4.78, 5) is 17.9. The molecule has 0 N–H and O–H groups in total. The van der Waals surface area contributed by atoms with Gasteiger partial charge in [-0.05, 0) is 54.1 Å². The molecule has 0 bridgehead atoms. The molecule has 6 nitrogen and oxygen atoms in total. The Morgan fingerprint density at radius 1 is 0.857 bits per heavy atom. The number of rotatable bonds is 4. The van der Waals surface area contributed by atoms with Gasteiger partial charge in [0.2, 0.25) is 0 Å². The lowest BCUT2D eigenvalue weighted by Crippen LogP contribution is -2.07. The van der Waals surface area contributed by atoms with Crippen LogP contribution in [0, 0.1) is 5.82 Å². The van der Waals surface area contributed by atoms with Crippen molar-refractivity contribution in [2.45, 2.75) is 0 Å². The summed E-state index contributed by atoms with van der Waals surface area (Å²) in [6.07, 6.45) is 1.78. The molecule has 35 heavy (non-hydrogen) atoms. The van der Waals surface area contributed by atoms with Crippen molar-refractivity contribution in [1.82, 2.24) is 14.6 Å². The molecule has 170 valence electrons. The number of ether oxygens (including phenoxy) is 1. The zero-order valence-electron chi connectivity index (χ0n) is 18.6. The van der Waals surface area contributed by atoms with E-state index in [1.807, 2.05) is 60.7 Å². The van der Waals surface area contributed by atoms with Crippen LogP contribution in [-0.4, -0.2) is 21.7 Å². The van der Waals surface area contributed by atoms with Gasteiger partial charge in [0, 0.05) is 28.8 Å². The number of benzene rings is 3. The molecule has 6 rings (SSSR count). The minimum absolute atomic E-state index is 0.292. The van der Waals surface area contributed by atoms with Crippen LogP contribution in [0.5, 0.6) is 5.75 Å². The molecule has 6 aromatic rings. The molecule has 0 atom stereocenters. The lowest BCUT2D eigenvalue weighted by Gasteiger charge is -2.12. The molecule has 0 aliphatic heterocycles.